The molecule has 2 N–H and O–H groups in total. The lowest BCUT2D eigenvalue weighted by Crippen LogP contribution is -2.59. The van der Waals surface area contributed by atoms with Gasteiger partial charge in [0.15, 0.2) is 0 Å². The summed E-state index contributed by atoms with van der Waals surface area (Å²) in [5.41, 5.74) is -0.325. The molecule has 1 aromatic rings. The van der Waals surface area contributed by atoms with Gasteiger partial charge in [0, 0.05) is 16.2 Å². The summed E-state index contributed by atoms with van der Waals surface area (Å²) < 4.78 is 20.3. The van der Waals surface area contributed by atoms with Crippen molar-refractivity contribution in [3.63, 3.8) is 0 Å². The van der Waals surface area contributed by atoms with E-state index in [2.05, 4.69) is 4.72 Å². The minimum absolute atomic E-state index is 0.272. The highest BCUT2D eigenvalue weighted by Gasteiger charge is 2.47. The molecular formula is C12H17NO4S2. The van der Waals surface area contributed by atoms with Crippen LogP contribution >= 0.6 is 11.3 Å². The number of unbranched alkanes of at least 4 members (excludes halogenated alkanes) is 1. The van der Waals surface area contributed by atoms with Gasteiger partial charge < -0.3 is 14.4 Å². The zero-order valence-electron chi connectivity index (χ0n) is 10.7. The molecule has 1 aliphatic rings. The molecule has 1 aliphatic heterocycles. The van der Waals surface area contributed by atoms with Gasteiger partial charge in [0.2, 0.25) is 0 Å². The lowest BCUT2D eigenvalue weighted by Gasteiger charge is -2.40. The topological polar surface area (TPSA) is 81.6 Å². The van der Waals surface area contributed by atoms with E-state index in [4.69, 9.17) is 4.74 Å². The van der Waals surface area contributed by atoms with Gasteiger partial charge in [0.1, 0.15) is 11.3 Å². The van der Waals surface area contributed by atoms with E-state index in [1.54, 1.807) is 11.4 Å². The number of ether oxygens (including phenoxy) is 1. The van der Waals surface area contributed by atoms with Crippen LogP contribution in [0.25, 0.3) is 0 Å². The van der Waals surface area contributed by atoms with Gasteiger partial charge in [-0.2, -0.15) is 0 Å². The van der Waals surface area contributed by atoms with Crippen molar-refractivity contribution >= 4 is 28.7 Å². The van der Waals surface area contributed by atoms with Gasteiger partial charge >= 0.3 is 5.97 Å². The van der Waals surface area contributed by atoms with Crippen molar-refractivity contribution in [2.24, 2.45) is 0 Å². The summed E-state index contributed by atoms with van der Waals surface area (Å²) in [6, 6.07) is 1.58. The normalized spacial score (nSPS) is 18.8. The van der Waals surface area contributed by atoms with Gasteiger partial charge in [0.25, 0.3) is 0 Å². The van der Waals surface area contributed by atoms with Gasteiger partial charge in [-0.25, -0.2) is 4.79 Å². The average Bonchev–Trinajstić information content (AvgIpc) is 2.80. The SMILES string of the molecule is CCCC[S+]([O-])NC1(c2sccc2C(=O)O)COC1. The molecule has 7 heteroatoms. The first kappa shape index (κ1) is 14.8. The van der Waals surface area contributed by atoms with Crippen molar-refractivity contribution in [1.82, 2.24) is 4.72 Å². The molecule has 1 atom stereocenters. The van der Waals surface area contributed by atoms with Crippen molar-refractivity contribution in [1.29, 1.82) is 0 Å². The van der Waals surface area contributed by atoms with Crippen LogP contribution in [0, 0.1) is 0 Å². The van der Waals surface area contributed by atoms with Gasteiger partial charge in [-0.3, -0.25) is 0 Å². The number of carboxylic acids is 1. The number of hydrogen-bond acceptors (Lipinski definition) is 5. The van der Waals surface area contributed by atoms with Crippen LogP contribution in [0.3, 0.4) is 0 Å². The second kappa shape index (κ2) is 6.23. The molecule has 5 nitrogen and oxygen atoms in total. The number of nitrogens with one attached hydrogen (secondary N) is 1. The number of hydrogen-bond donors (Lipinski definition) is 2. The predicted molar refractivity (Wildman–Crippen MR) is 74.8 cm³/mol. The standard InChI is InChI=1S/C12H17NO4S2/c1-2-3-6-19(16)13-12(7-17-8-12)10-9(11(14)15)4-5-18-10/h4-5,13H,2-3,6-8H2,1H3,(H,14,15). The first-order chi connectivity index (χ1) is 9.09. The summed E-state index contributed by atoms with van der Waals surface area (Å²) in [5, 5.41) is 10.9. The summed E-state index contributed by atoms with van der Waals surface area (Å²) in [4.78, 5) is 11.9. The number of aromatic carboxylic acids is 1. The molecule has 0 radical (unpaired) electrons. The third kappa shape index (κ3) is 3.11. The number of thiophene rings is 1. The predicted octanol–water partition coefficient (Wildman–Crippen LogP) is 1.73. The summed E-state index contributed by atoms with van der Waals surface area (Å²) >= 11 is 0.208. The highest BCUT2D eigenvalue weighted by atomic mass is 32.2. The van der Waals surface area contributed by atoms with Gasteiger partial charge in [-0.15, -0.1) is 16.1 Å². The maximum absolute atomic E-state index is 12.0. The Morgan fingerprint density at radius 3 is 2.95 bits per heavy atom. The van der Waals surface area contributed by atoms with Crippen LogP contribution in [-0.2, 0) is 21.6 Å². The minimum atomic E-state index is -1.16. The molecule has 0 saturated carbocycles. The Kier molecular flexibility index (Phi) is 4.86. The van der Waals surface area contributed by atoms with Gasteiger partial charge in [-0.05, 0) is 17.9 Å². The molecule has 0 spiro atoms. The lowest BCUT2D eigenvalue weighted by atomic mass is 9.94. The summed E-state index contributed by atoms with van der Waals surface area (Å²) in [5.74, 6) is -0.380. The quantitative estimate of drug-likeness (QED) is 0.750. The fraction of sp³-hybridized carbons (Fsp3) is 0.583. The molecule has 0 aliphatic carbocycles. The smallest absolute Gasteiger partial charge is 0.336 e. The average molecular weight is 303 g/mol. The molecule has 0 bridgehead atoms. The summed E-state index contributed by atoms with van der Waals surface area (Å²) in [6.07, 6.45) is 1.86. The van der Waals surface area contributed by atoms with E-state index < -0.39 is 22.9 Å². The highest BCUT2D eigenvalue weighted by Crippen LogP contribution is 2.36. The molecule has 2 rings (SSSR count). The van der Waals surface area contributed by atoms with Crippen LogP contribution in [0.4, 0.5) is 0 Å². The summed E-state index contributed by atoms with van der Waals surface area (Å²) in [7, 11) is 0. The number of rotatable bonds is 7. The molecule has 1 saturated heterocycles. The fourth-order valence-corrected chi connectivity index (χ4v) is 4.33. The van der Waals surface area contributed by atoms with Crippen LogP contribution < -0.4 is 4.72 Å². The largest absolute Gasteiger partial charge is 0.598 e. The number of carbonyl (C=O) groups is 1. The minimum Gasteiger partial charge on any atom is -0.598 e. The van der Waals surface area contributed by atoms with Crippen LogP contribution in [0.1, 0.15) is 35.0 Å². The monoisotopic (exact) mass is 303 g/mol. The second-order valence-electron chi connectivity index (χ2n) is 4.55. The molecule has 106 valence electrons. The molecule has 0 amide bonds. The Hall–Kier alpha value is -0.600. The van der Waals surface area contributed by atoms with Crippen LogP contribution in [0.15, 0.2) is 11.4 Å². The van der Waals surface area contributed by atoms with E-state index >= 15 is 0 Å². The van der Waals surface area contributed by atoms with E-state index in [-0.39, 0.29) is 5.56 Å². The first-order valence-corrected chi connectivity index (χ1v) is 8.34. The van der Waals surface area contributed by atoms with E-state index in [1.807, 2.05) is 6.92 Å². The maximum Gasteiger partial charge on any atom is 0.336 e. The zero-order chi connectivity index (χ0) is 13.9. The van der Waals surface area contributed by atoms with Crippen LogP contribution in [-0.4, -0.2) is 34.6 Å². The molecule has 2 heterocycles. The van der Waals surface area contributed by atoms with Crippen molar-refractivity contribution in [2.75, 3.05) is 19.0 Å². The number of carboxylic acid groups (broad SMARTS) is 1. The molecule has 19 heavy (non-hydrogen) atoms. The van der Waals surface area contributed by atoms with E-state index in [1.165, 1.54) is 11.3 Å². The molecular weight excluding hydrogens is 286 g/mol. The highest BCUT2D eigenvalue weighted by molar-refractivity contribution is 7.89. The summed E-state index contributed by atoms with van der Waals surface area (Å²) in [6.45, 7) is 2.78. The Balaban J connectivity index is 2.13. The van der Waals surface area contributed by atoms with Crippen molar-refractivity contribution in [3.8, 4) is 0 Å². The molecule has 1 aromatic heterocycles. The third-order valence-electron chi connectivity index (χ3n) is 3.02. The Morgan fingerprint density at radius 1 is 1.68 bits per heavy atom. The lowest BCUT2D eigenvalue weighted by molar-refractivity contribution is -0.0648. The fourth-order valence-electron chi connectivity index (χ4n) is 1.94. The zero-order valence-corrected chi connectivity index (χ0v) is 12.3. The third-order valence-corrected chi connectivity index (χ3v) is 5.42. The van der Waals surface area contributed by atoms with Crippen LogP contribution in [0.5, 0.6) is 0 Å². The molecule has 1 fully saturated rings. The molecule has 1 unspecified atom stereocenters. The Labute approximate surface area is 119 Å². The van der Waals surface area contributed by atoms with Crippen molar-refractivity contribution in [2.45, 2.75) is 25.3 Å². The second-order valence-corrected chi connectivity index (χ2v) is 6.77. The van der Waals surface area contributed by atoms with Crippen LogP contribution in [0.2, 0.25) is 0 Å². The van der Waals surface area contributed by atoms with Crippen molar-refractivity contribution in [3.05, 3.63) is 21.9 Å². The molecule has 0 aromatic carbocycles. The first-order valence-electron chi connectivity index (χ1n) is 6.14. The van der Waals surface area contributed by atoms with E-state index in [0.29, 0.717) is 23.8 Å². The van der Waals surface area contributed by atoms with Crippen molar-refractivity contribution < 1.29 is 19.2 Å². The van der Waals surface area contributed by atoms with Gasteiger partial charge in [-0.1, -0.05) is 13.3 Å². The van der Waals surface area contributed by atoms with E-state index in [0.717, 1.165) is 12.8 Å². The van der Waals surface area contributed by atoms with E-state index in [9.17, 15) is 14.5 Å². The Bertz CT molecular complexity index is 445. The van der Waals surface area contributed by atoms with Gasteiger partial charge in [0.05, 0.1) is 18.8 Å². The maximum atomic E-state index is 12.0. The Morgan fingerprint density at radius 2 is 2.42 bits per heavy atom.